The van der Waals surface area contributed by atoms with Crippen molar-refractivity contribution in [2.45, 2.75) is 26.7 Å². The predicted octanol–water partition coefficient (Wildman–Crippen LogP) is 2.58. The molecule has 3 nitrogen and oxygen atoms in total. The van der Waals surface area contributed by atoms with E-state index in [2.05, 4.69) is 5.32 Å². The second-order valence-corrected chi connectivity index (χ2v) is 3.83. The van der Waals surface area contributed by atoms with Gasteiger partial charge in [-0.3, -0.25) is 4.79 Å². The van der Waals surface area contributed by atoms with Gasteiger partial charge in [0.1, 0.15) is 17.4 Å². The van der Waals surface area contributed by atoms with Crippen LogP contribution in [0.15, 0.2) is 12.1 Å². The van der Waals surface area contributed by atoms with E-state index in [0.717, 1.165) is 12.1 Å². The minimum atomic E-state index is -0.694. The molecule has 1 N–H and O–H groups in total. The molecule has 1 rings (SSSR count). The highest BCUT2D eigenvalue weighted by Crippen LogP contribution is 2.19. The average Bonchev–Trinajstić information content (AvgIpc) is 2.23. The van der Waals surface area contributed by atoms with Gasteiger partial charge < -0.3 is 10.1 Å². The Bertz CT molecular complexity index is 458. The summed E-state index contributed by atoms with van der Waals surface area (Å²) >= 11 is 0. The summed E-state index contributed by atoms with van der Waals surface area (Å²) in [7, 11) is 0. The van der Waals surface area contributed by atoms with Gasteiger partial charge in [-0.05, 0) is 25.5 Å². The van der Waals surface area contributed by atoms with Gasteiger partial charge in [-0.15, -0.1) is 0 Å². The van der Waals surface area contributed by atoms with Crippen LogP contribution in [0.1, 0.15) is 25.3 Å². The van der Waals surface area contributed by atoms with E-state index in [1.165, 1.54) is 13.8 Å². The fraction of sp³-hybridized carbons (Fsp3) is 0.333. The molecule has 0 fully saturated rings. The van der Waals surface area contributed by atoms with Crippen LogP contribution < -0.4 is 5.32 Å². The van der Waals surface area contributed by atoms with Crippen LogP contribution >= 0.6 is 0 Å². The van der Waals surface area contributed by atoms with Crippen molar-refractivity contribution in [2.24, 2.45) is 0 Å². The molecule has 92 valence electrons. The molecule has 0 aliphatic rings. The van der Waals surface area contributed by atoms with Crippen LogP contribution in [-0.2, 0) is 9.59 Å². The number of Topliss-reactive ketones (excluding diaryl/α,β-unsaturated/α-hetero) is 1. The first-order chi connectivity index (χ1) is 7.90. The third-order valence-corrected chi connectivity index (χ3v) is 2.23. The van der Waals surface area contributed by atoms with Gasteiger partial charge >= 0.3 is 0 Å². The van der Waals surface area contributed by atoms with E-state index in [1.807, 2.05) is 0 Å². The van der Waals surface area contributed by atoms with Crippen LogP contribution in [0.25, 0.3) is 0 Å². The van der Waals surface area contributed by atoms with E-state index in [1.54, 1.807) is 0 Å². The van der Waals surface area contributed by atoms with Crippen LogP contribution in [0.2, 0.25) is 0 Å². The first-order valence-corrected chi connectivity index (χ1v) is 5.15. The summed E-state index contributed by atoms with van der Waals surface area (Å²) in [6, 6.07) is 1.94. The molecule has 5 heteroatoms. The number of carbonyl (C=O) groups is 2. The zero-order chi connectivity index (χ0) is 13.0. The van der Waals surface area contributed by atoms with Crippen LogP contribution in [0.4, 0.5) is 14.5 Å². The molecule has 1 aromatic rings. The lowest BCUT2D eigenvalue weighted by molar-refractivity contribution is -0.121. The van der Waals surface area contributed by atoms with Gasteiger partial charge in [0, 0.05) is 18.9 Å². The van der Waals surface area contributed by atoms with Crippen molar-refractivity contribution in [1.29, 1.82) is 0 Å². The molecule has 0 radical (unpaired) electrons. The maximum absolute atomic E-state index is 13.3. The summed E-state index contributed by atoms with van der Waals surface area (Å²) < 4.78 is 26.5. The standard InChI is InChI=1S/C12H13F2NO2/c1-7-5-10(14)11(6-9(7)13)15-12(17)4-3-8(2)16/h5-6H,3-4H2,1-2H3,(H,15,17). The third kappa shape index (κ3) is 3.94. The van der Waals surface area contributed by atoms with Crippen molar-refractivity contribution in [1.82, 2.24) is 0 Å². The summed E-state index contributed by atoms with van der Waals surface area (Å²) in [5.74, 6) is -1.92. The van der Waals surface area contributed by atoms with E-state index in [9.17, 15) is 18.4 Å². The molecule has 0 unspecified atom stereocenters. The summed E-state index contributed by atoms with van der Waals surface area (Å²) in [4.78, 5) is 22.0. The molecular formula is C12H13F2NO2. The van der Waals surface area contributed by atoms with Crippen molar-refractivity contribution in [3.05, 3.63) is 29.3 Å². The summed E-state index contributed by atoms with van der Waals surface area (Å²) in [5.41, 5.74) is -0.0362. The maximum Gasteiger partial charge on any atom is 0.224 e. The molecule has 0 spiro atoms. The lowest BCUT2D eigenvalue weighted by Gasteiger charge is -2.07. The topological polar surface area (TPSA) is 46.2 Å². The first-order valence-electron chi connectivity index (χ1n) is 5.15. The zero-order valence-corrected chi connectivity index (χ0v) is 9.64. The van der Waals surface area contributed by atoms with Crippen LogP contribution in [0, 0.1) is 18.6 Å². The highest BCUT2D eigenvalue weighted by Gasteiger charge is 2.10. The van der Waals surface area contributed by atoms with Gasteiger partial charge in [0.05, 0.1) is 5.69 Å². The van der Waals surface area contributed by atoms with Crippen molar-refractivity contribution >= 4 is 17.4 Å². The van der Waals surface area contributed by atoms with E-state index < -0.39 is 17.5 Å². The van der Waals surface area contributed by atoms with Gasteiger partial charge in [0.25, 0.3) is 0 Å². The number of carbonyl (C=O) groups excluding carboxylic acids is 2. The molecule has 1 amide bonds. The summed E-state index contributed by atoms with van der Waals surface area (Å²) in [6.45, 7) is 2.79. The number of rotatable bonds is 4. The van der Waals surface area contributed by atoms with Crippen molar-refractivity contribution < 1.29 is 18.4 Å². The SMILES string of the molecule is CC(=O)CCC(=O)Nc1cc(F)c(C)cc1F. The largest absolute Gasteiger partial charge is 0.323 e. The minimum absolute atomic E-state index is 0.0374. The van der Waals surface area contributed by atoms with Gasteiger partial charge in [-0.1, -0.05) is 0 Å². The molecule has 0 saturated carbocycles. The maximum atomic E-state index is 13.3. The number of aryl methyl sites for hydroxylation is 1. The van der Waals surface area contributed by atoms with Crippen molar-refractivity contribution in [3.8, 4) is 0 Å². The molecule has 0 aromatic heterocycles. The Balaban J connectivity index is 2.71. The molecule has 0 saturated heterocycles. The Labute approximate surface area is 97.8 Å². The number of benzene rings is 1. The Kier molecular flexibility index (Phi) is 4.31. The summed E-state index contributed by atoms with van der Waals surface area (Å²) in [5, 5.41) is 2.23. The van der Waals surface area contributed by atoms with Gasteiger partial charge in [0.15, 0.2) is 0 Å². The Morgan fingerprint density at radius 1 is 1.18 bits per heavy atom. The van der Waals surface area contributed by atoms with E-state index in [4.69, 9.17) is 0 Å². The van der Waals surface area contributed by atoms with Gasteiger partial charge in [0.2, 0.25) is 5.91 Å². The quantitative estimate of drug-likeness (QED) is 0.880. The number of ketones is 1. The van der Waals surface area contributed by atoms with E-state index in [-0.39, 0.29) is 29.9 Å². The number of nitrogens with one attached hydrogen (secondary N) is 1. The van der Waals surface area contributed by atoms with Gasteiger partial charge in [-0.2, -0.15) is 0 Å². The Morgan fingerprint density at radius 3 is 2.41 bits per heavy atom. The first kappa shape index (κ1) is 13.3. The van der Waals surface area contributed by atoms with Crippen LogP contribution in [0.3, 0.4) is 0 Å². The lowest BCUT2D eigenvalue weighted by atomic mass is 10.2. The second-order valence-electron chi connectivity index (χ2n) is 3.83. The van der Waals surface area contributed by atoms with Crippen molar-refractivity contribution in [3.63, 3.8) is 0 Å². The molecule has 0 aliphatic carbocycles. The molecule has 0 aliphatic heterocycles. The molecule has 0 atom stereocenters. The number of hydrogen-bond acceptors (Lipinski definition) is 2. The normalized spacial score (nSPS) is 10.1. The van der Waals surface area contributed by atoms with E-state index >= 15 is 0 Å². The number of amides is 1. The Morgan fingerprint density at radius 2 is 1.82 bits per heavy atom. The highest BCUT2D eigenvalue weighted by atomic mass is 19.1. The molecule has 1 aromatic carbocycles. The fourth-order valence-electron chi connectivity index (χ4n) is 1.24. The number of anilines is 1. The molecule has 17 heavy (non-hydrogen) atoms. The minimum Gasteiger partial charge on any atom is -0.323 e. The van der Waals surface area contributed by atoms with Crippen LogP contribution in [0.5, 0.6) is 0 Å². The smallest absolute Gasteiger partial charge is 0.224 e. The molecule has 0 heterocycles. The lowest BCUT2D eigenvalue weighted by Crippen LogP contribution is -2.14. The van der Waals surface area contributed by atoms with Crippen LogP contribution in [-0.4, -0.2) is 11.7 Å². The third-order valence-electron chi connectivity index (χ3n) is 2.23. The van der Waals surface area contributed by atoms with E-state index in [0.29, 0.717) is 0 Å². The highest BCUT2D eigenvalue weighted by molar-refractivity contribution is 5.93. The monoisotopic (exact) mass is 241 g/mol. The average molecular weight is 241 g/mol. The molecular weight excluding hydrogens is 228 g/mol. The Hall–Kier alpha value is -1.78. The molecule has 0 bridgehead atoms. The van der Waals surface area contributed by atoms with Crippen molar-refractivity contribution in [2.75, 3.05) is 5.32 Å². The van der Waals surface area contributed by atoms with Gasteiger partial charge in [-0.25, -0.2) is 8.78 Å². The fourth-order valence-corrected chi connectivity index (χ4v) is 1.24. The predicted molar refractivity (Wildman–Crippen MR) is 59.6 cm³/mol. The number of halogens is 2. The second kappa shape index (κ2) is 5.52. The number of hydrogen-bond donors (Lipinski definition) is 1. The zero-order valence-electron chi connectivity index (χ0n) is 9.64. The summed E-state index contributed by atoms with van der Waals surface area (Å²) in [6.07, 6.45) is 0.0477.